The van der Waals surface area contributed by atoms with E-state index in [9.17, 15) is 4.79 Å². The van der Waals surface area contributed by atoms with Gasteiger partial charge >= 0.3 is 5.97 Å². The van der Waals surface area contributed by atoms with Gasteiger partial charge in [-0.15, -0.1) is 0 Å². The van der Waals surface area contributed by atoms with Gasteiger partial charge in [-0.2, -0.15) is 4.68 Å². The topological polar surface area (TPSA) is 100 Å². The lowest BCUT2D eigenvalue weighted by molar-refractivity contribution is -0.139. The standard InChI is InChI=1S/C22H22ClN5O4/c1-4-31-21(29)19-13(2)24-22-25-26-27-28(22)20(19)15-8-9-17(18(11-15)30-3)32-12-14-6-5-7-16(23)10-14/h5-11,20H,4,12H2,1-3H3,(H,24,25,27). The summed E-state index contributed by atoms with van der Waals surface area (Å²) in [4.78, 5) is 12.8. The molecule has 9 nitrogen and oxygen atoms in total. The average molecular weight is 456 g/mol. The molecule has 0 saturated heterocycles. The average Bonchev–Trinajstić information content (AvgIpc) is 3.25. The van der Waals surface area contributed by atoms with Crippen LogP contribution >= 0.6 is 11.6 Å². The molecule has 2 aromatic carbocycles. The van der Waals surface area contributed by atoms with Crippen molar-refractivity contribution in [2.45, 2.75) is 26.5 Å². The van der Waals surface area contributed by atoms with Crippen LogP contribution in [0.1, 0.15) is 31.0 Å². The highest BCUT2D eigenvalue weighted by atomic mass is 35.5. The Morgan fingerprint density at radius 2 is 2.06 bits per heavy atom. The Kier molecular flexibility index (Phi) is 6.27. The Labute approximate surface area is 189 Å². The molecule has 1 atom stereocenters. The Hall–Kier alpha value is -3.59. The summed E-state index contributed by atoms with van der Waals surface area (Å²) in [6, 6.07) is 12.3. The lowest BCUT2D eigenvalue weighted by atomic mass is 9.95. The summed E-state index contributed by atoms with van der Waals surface area (Å²) in [5, 5.41) is 15.5. The molecule has 0 fully saturated rings. The molecule has 1 aliphatic heterocycles. The van der Waals surface area contributed by atoms with Gasteiger partial charge < -0.3 is 19.5 Å². The summed E-state index contributed by atoms with van der Waals surface area (Å²) in [6.07, 6.45) is 0. The van der Waals surface area contributed by atoms with Crippen LogP contribution in [0.15, 0.2) is 53.7 Å². The zero-order chi connectivity index (χ0) is 22.7. The molecule has 2 heterocycles. The number of allylic oxidation sites excluding steroid dienone is 1. The van der Waals surface area contributed by atoms with Crippen LogP contribution in [0.4, 0.5) is 5.95 Å². The van der Waals surface area contributed by atoms with Crippen LogP contribution in [-0.2, 0) is 16.1 Å². The Bertz CT molecular complexity index is 1180. The van der Waals surface area contributed by atoms with E-state index in [1.54, 1.807) is 37.8 Å². The molecule has 0 saturated carbocycles. The van der Waals surface area contributed by atoms with Crippen molar-refractivity contribution in [3.8, 4) is 11.5 Å². The van der Waals surface area contributed by atoms with Crippen LogP contribution in [0.3, 0.4) is 0 Å². The number of hydrogen-bond acceptors (Lipinski definition) is 8. The third-order valence-electron chi connectivity index (χ3n) is 5.00. The number of ether oxygens (including phenoxy) is 3. The minimum absolute atomic E-state index is 0.254. The van der Waals surface area contributed by atoms with E-state index in [-0.39, 0.29) is 6.61 Å². The van der Waals surface area contributed by atoms with Crippen molar-refractivity contribution in [2.75, 3.05) is 19.0 Å². The first kappa shape index (κ1) is 21.6. The fourth-order valence-corrected chi connectivity index (χ4v) is 3.77. The minimum atomic E-state index is -0.587. The number of fused-ring (bicyclic) bond motifs is 1. The largest absolute Gasteiger partial charge is 0.493 e. The van der Waals surface area contributed by atoms with Gasteiger partial charge in [0, 0.05) is 10.7 Å². The van der Waals surface area contributed by atoms with Crippen LogP contribution in [0.25, 0.3) is 0 Å². The van der Waals surface area contributed by atoms with E-state index in [1.165, 1.54) is 0 Å². The van der Waals surface area contributed by atoms with Crippen molar-refractivity contribution in [1.82, 2.24) is 20.2 Å². The Morgan fingerprint density at radius 3 is 2.81 bits per heavy atom. The molecule has 32 heavy (non-hydrogen) atoms. The van der Waals surface area contributed by atoms with Crippen molar-refractivity contribution < 1.29 is 19.0 Å². The van der Waals surface area contributed by atoms with Crippen molar-refractivity contribution in [1.29, 1.82) is 0 Å². The highest BCUT2D eigenvalue weighted by molar-refractivity contribution is 6.30. The lowest BCUT2D eigenvalue weighted by Crippen LogP contribution is -2.29. The molecule has 10 heteroatoms. The van der Waals surface area contributed by atoms with Crippen molar-refractivity contribution in [3.63, 3.8) is 0 Å². The quantitative estimate of drug-likeness (QED) is 0.537. The molecule has 1 N–H and O–H groups in total. The maximum absolute atomic E-state index is 12.8. The molecule has 0 radical (unpaired) electrons. The van der Waals surface area contributed by atoms with Gasteiger partial charge in [0.1, 0.15) is 12.6 Å². The van der Waals surface area contributed by atoms with Gasteiger partial charge in [0.2, 0.25) is 5.95 Å². The van der Waals surface area contributed by atoms with E-state index in [1.807, 2.05) is 30.3 Å². The molecular formula is C22H22ClN5O4. The molecule has 0 amide bonds. The monoisotopic (exact) mass is 455 g/mol. The number of benzene rings is 2. The van der Waals surface area contributed by atoms with Gasteiger partial charge in [-0.1, -0.05) is 34.9 Å². The zero-order valence-corrected chi connectivity index (χ0v) is 18.6. The summed E-state index contributed by atoms with van der Waals surface area (Å²) >= 11 is 6.05. The second-order valence-electron chi connectivity index (χ2n) is 7.06. The number of carbonyl (C=O) groups excluding carboxylic acids is 1. The summed E-state index contributed by atoms with van der Waals surface area (Å²) in [5.41, 5.74) is 2.72. The van der Waals surface area contributed by atoms with Crippen LogP contribution in [0.5, 0.6) is 11.5 Å². The van der Waals surface area contributed by atoms with Crippen molar-refractivity contribution in [3.05, 3.63) is 69.9 Å². The number of methoxy groups -OCH3 is 1. The van der Waals surface area contributed by atoms with Crippen molar-refractivity contribution in [2.24, 2.45) is 0 Å². The third-order valence-corrected chi connectivity index (χ3v) is 5.23. The van der Waals surface area contributed by atoms with Gasteiger partial charge in [-0.3, -0.25) is 0 Å². The van der Waals surface area contributed by atoms with Gasteiger partial charge in [0.05, 0.1) is 19.3 Å². The molecular weight excluding hydrogens is 434 g/mol. The Balaban J connectivity index is 1.68. The first-order valence-electron chi connectivity index (χ1n) is 9.99. The number of esters is 1. The SMILES string of the molecule is CCOC(=O)C1=C(C)Nc2nnnn2C1c1ccc(OCc2cccc(Cl)c2)c(OC)c1. The number of aromatic nitrogens is 4. The van der Waals surface area contributed by atoms with Gasteiger partial charge in [-0.25, -0.2) is 4.79 Å². The molecule has 4 rings (SSSR count). The predicted molar refractivity (Wildman–Crippen MR) is 118 cm³/mol. The van der Waals surface area contributed by atoms with Gasteiger partial charge in [0.25, 0.3) is 0 Å². The number of nitrogens with zero attached hydrogens (tertiary/aromatic N) is 4. The summed E-state index contributed by atoms with van der Waals surface area (Å²) < 4.78 is 18.4. The Morgan fingerprint density at radius 1 is 1.22 bits per heavy atom. The summed E-state index contributed by atoms with van der Waals surface area (Å²) in [7, 11) is 1.56. The maximum atomic E-state index is 12.8. The summed E-state index contributed by atoms with van der Waals surface area (Å²) in [6.45, 7) is 4.13. The second-order valence-corrected chi connectivity index (χ2v) is 7.50. The number of anilines is 1. The van der Waals surface area contributed by atoms with E-state index >= 15 is 0 Å². The number of nitrogens with one attached hydrogen (secondary N) is 1. The fourth-order valence-electron chi connectivity index (χ4n) is 3.56. The molecule has 166 valence electrons. The molecule has 0 bridgehead atoms. The van der Waals surface area contributed by atoms with Crippen LogP contribution < -0.4 is 14.8 Å². The van der Waals surface area contributed by atoms with Crippen LogP contribution in [0, 0.1) is 0 Å². The minimum Gasteiger partial charge on any atom is -0.493 e. The lowest BCUT2D eigenvalue weighted by Gasteiger charge is -2.27. The molecule has 0 spiro atoms. The molecule has 1 unspecified atom stereocenters. The highest BCUT2D eigenvalue weighted by Gasteiger charge is 2.35. The normalized spacial score (nSPS) is 15.1. The number of rotatable bonds is 7. The number of carbonyl (C=O) groups is 1. The first-order chi connectivity index (χ1) is 15.5. The van der Waals surface area contributed by atoms with Gasteiger partial charge in [-0.05, 0) is 59.7 Å². The number of hydrogen-bond donors (Lipinski definition) is 1. The third kappa shape index (κ3) is 4.24. The smallest absolute Gasteiger partial charge is 0.338 e. The van der Waals surface area contributed by atoms with E-state index in [2.05, 4.69) is 20.8 Å². The molecule has 1 aromatic heterocycles. The van der Waals surface area contributed by atoms with E-state index in [4.69, 9.17) is 25.8 Å². The zero-order valence-electron chi connectivity index (χ0n) is 17.8. The fraction of sp³-hybridized carbons (Fsp3) is 0.273. The highest BCUT2D eigenvalue weighted by Crippen LogP contribution is 2.38. The van der Waals surface area contributed by atoms with E-state index in [0.29, 0.717) is 40.3 Å². The molecule has 0 aliphatic carbocycles. The molecule has 1 aliphatic rings. The van der Waals surface area contributed by atoms with E-state index < -0.39 is 12.0 Å². The van der Waals surface area contributed by atoms with Crippen LogP contribution in [0.2, 0.25) is 5.02 Å². The number of halogens is 1. The van der Waals surface area contributed by atoms with E-state index in [0.717, 1.165) is 11.1 Å². The van der Waals surface area contributed by atoms with Gasteiger partial charge in [0.15, 0.2) is 11.5 Å². The molecule has 3 aromatic rings. The maximum Gasteiger partial charge on any atom is 0.338 e. The second kappa shape index (κ2) is 9.27. The predicted octanol–water partition coefficient (Wildman–Crippen LogP) is 3.77. The number of tetrazole rings is 1. The van der Waals surface area contributed by atoms with Crippen LogP contribution in [-0.4, -0.2) is 39.9 Å². The first-order valence-corrected chi connectivity index (χ1v) is 10.4. The van der Waals surface area contributed by atoms with Crippen molar-refractivity contribution >= 4 is 23.5 Å². The summed E-state index contributed by atoms with van der Waals surface area (Å²) in [5.74, 6) is 1.06.